The van der Waals surface area contributed by atoms with Crippen molar-refractivity contribution in [2.45, 2.75) is 31.5 Å². The lowest BCUT2D eigenvalue weighted by Gasteiger charge is -2.45. The number of fused-ring (bicyclic) bond motifs is 2. The van der Waals surface area contributed by atoms with Crippen LogP contribution < -0.4 is 10.6 Å². The van der Waals surface area contributed by atoms with Gasteiger partial charge in [-0.05, 0) is 24.3 Å². The van der Waals surface area contributed by atoms with Crippen molar-refractivity contribution in [3.05, 3.63) is 54.1 Å². The van der Waals surface area contributed by atoms with Crippen LogP contribution in [-0.2, 0) is 11.3 Å². The van der Waals surface area contributed by atoms with Gasteiger partial charge in [0, 0.05) is 38.0 Å². The minimum Gasteiger partial charge on any atom is -0.362 e. The van der Waals surface area contributed by atoms with E-state index in [2.05, 4.69) is 20.9 Å². The molecular weight excluding hydrogens is 368 g/mol. The summed E-state index contributed by atoms with van der Waals surface area (Å²) in [4.78, 5) is 27.1. The smallest absolute Gasteiger partial charge is 0.255 e. The van der Waals surface area contributed by atoms with Crippen molar-refractivity contribution in [3.63, 3.8) is 0 Å². The molecule has 2 amide bonds. The number of aryl methyl sites for hydroxylation is 1. The highest BCUT2D eigenvalue weighted by Gasteiger charge is 2.40. The van der Waals surface area contributed by atoms with Crippen LogP contribution in [0.2, 0.25) is 0 Å². The number of amides is 2. The number of anilines is 1. The van der Waals surface area contributed by atoms with Crippen molar-refractivity contribution in [2.24, 2.45) is 0 Å². The Bertz CT molecular complexity index is 1080. The normalized spacial score (nSPS) is 17.7. The minimum absolute atomic E-state index is 0.0582. The van der Waals surface area contributed by atoms with Gasteiger partial charge in [-0.15, -0.1) is 5.10 Å². The largest absolute Gasteiger partial charge is 0.362 e. The first kappa shape index (κ1) is 17.7. The average molecular weight is 390 g/mol. The van der Waals surface area contributed by atoms with Gasteiger partial charge in [-0.1, -0.05) is 29.5 Å². The summed E-state index contributed by atoms with van der Waals surface area (Å²) in [6, 6.07) is 15.3. The van der Waals surface area contributed by atoms with Gasteiger partial charge >= 0.3 is 0 Å². The molecule has 1 spiro atoms. The second kappa shape index (κ2) is 6.88. The second-order valence-corrected chi connectivity index (χ2v) is 7.64. The predicted molar refractivity (Wildman–Crippen MR) is 108 cm³/mol. The van der Waals surface area contributed by atoms with Gasteiger partial charge in [-0.2, -0.15) is 0 Å². The lowest BCUT2D eigenvalue weighted by molar-refractivity contribution is -0.133. The Morgan fingerprint density at radius 1 is 1.03 bits per heavy atom. The molecule has 0 atom stereocenters. The number of hydrogen-bond acceptors (Lipinski definition) is 5. The molecule has 2 aromatic carbocycles. The lowest BCUT2D eigenvalue weighted by atomic mass is 9.92. The number of nitrogens with zero attached hydrogens (tertiary/aromatic N) is 4. The third kappa shape index (κ3) is 3.20. The first-order valence-electron chi connectivity index (χ1n) is 9.89. The van der Waals surface area contributed by atoms with Crippen molar-refractivity contribution >= 4 is 28.5 Å². The zero-order valence-electron chi connectivity index (χ0n) is 16.0. The summed E-state index contributed by atoms with van der Waals surface area (Å²) in [6.45, 7) is 1.71. The summed E-state index contributed by atoms with van der Waals surface area (Å²) in [6.07, 6.45) is 1.72. The van der Waals surface area contributed by atoms with Gasteiger partial charge in [-0.25, -0.2) is 4.68 Å². The zero-order chi connectivity index (χ0) is 19.8. The number of likely N-dealkylation sites (tertiary alicyclic amines) is 1. The molecule has 1 fully saturated rings. The van der Waals surface area contributed by atoms with Crippen molar-refractivity contribution in [3.8, 4) is 0 Å². The van der Waals surface area contributed by atoms with E-state index in [1.807, 2.05) is 53.4 Å². The van der Waals surface area contributed by atoms with Crippen molar-refractivity contribution in [2.75, 3.05) is 18.4 Å². The van der Waals surface area contributed by atoms with Crippen molar-refractivity contribution in [1.82, 2.24) is 25.2 Å². The van der Waals surface area contributed by atoms with Gasteiger partial charge in [0.15, 0.2) is 0 Å². The van der Waals surface area contributed by atoms with Gasteiger partial charge in [-0.3, -0.25) is 9.59 Å². The highest BCUT2D eigenvalue weighted by atomic mass is 16.2. The van der Waals surface area contributed by atoms with Gasteiger partial charge in [0.1, 0.15) is 11.2 Å². The number of carbonyl (C=O) groups is 2. The molecule has 8 nitrogen and oxygen atoms in total. The molecule has 2 N–H and O–H groups in total. The van der Waals surface area contributed by atoms with Gasteiger partial charge in [0.25, 0.3) is 5.91 Å². The topological polar surface area (TPSA) is 92.2 Å². The van der Waals surface area contributed by atoms with Crippen LogP contribution in [0.1, 0.15) is 29.6 Å². The number of nitrogens with one attached hydrogen (secondary N) is 2. The quantitative estimate of drug-likeness (QED) is 0.714. The van der Waals surface area contributed by atoms with E-state index in [0.29, 0.717) is 44.5 Å². The molecule has 0 radical (unpaired) electrons. The Balaban J connectivity index is 1.21. The molecule has 0 bridgehead atoms. The van der Waals surface area contributed by atoms with Crippen LogP contribution in [0.15, 0.2) is 48.5 Å². The van der Waals surface area contributed by atoms with Crippen LogP contribution >= 0.6 is 0 Å². The summed E-state index contributed by atoms with van der Waals surface area (Å²) >= 11 is 0. The monoisotopic (exact) mass is 390 g/mol. The molecule has 0 unspecified atom stereocenters. The molecule has 2 aliphatic heterocycles. The fraction of sp³-hybridized carbons (Fsp3) is 0.333. The number of para-hydroxylation sites is 2. The van der Waals surface area contributed by atoms with E-state index in [-0.39, 0.29) is 11.8 Å². The average Bonchev–Trinajstić information content (AvgIpc) is 3.16. The van der Waals surface area contributed by atoms with Gasteiger partial charge in [0.05, 0.1) is 17.6 Å². The number of benzene rings is 2. The molecule has 2 aliphatic rings. The Kier molecular flexibility index (Phi) is 4.19. The third-order valence-corrected chi connectivity index (χ3v) is 5.83. The van der Waals surface area contributed by atoms with Crippen LogP contribution in [0.25, 0.3) is 11.0 Å². The van der Waals surface area contributed by atoms with Crippen molar-refractivity contribution < 1.29 is 9.59 Å². The van der Waals surface area contributed by atoms with Crippen molar-refractivity contribution in [1.29, 1.82) is 0 Å². The molecule has 1 saturated heterocycles. The molecule has 1 aromatic heterocycles. The van der Waals surface area contributed by atoms with E-state index in [0.717, 1.165) is 16.7 Å². The van der Waals surface area contributed by atoms with E-state index >= 15 is 0 Å². The summed E-state index contributed by atoms with van der Waals surface area (Å²) in [7, 11) is 0. The molecule has 3 aromatic rings. The maximum atomic E-state index is 12.7. The number of aromatic nitrogens is 3. The highest BCUT2D eigenvalue weighted by molar-refractivity contribution is 6.02. The molecule has 0 aliphatic carbocycles. The van der Waals surface area contributed by atoms with Gasteiger partial charge < -0.3 is 15.5 Å². The van der Waals surface area contributed by atoms with E-state index in [1.54, 1.807) is 4.68 Å². The fourth-order valence-electron chi connectivity index (χ4n) is 4.19. The zero-order valence-corrected chi connectivity index (χ0v) is 16.0. The fourth-order valence-corrected chi connectivity index (χ4v) is 4.19. The van der Waals surface area contributed by atoms with Crippen LogP contribution in [0, 0.1) is 0 Å². The van der Waals surface area contributed by atoms with E-state index < -0.39 is 5.66 Å². The van der Waals surface area contributed by atoms with E-state index in [1.165, 1.54) is 0 Å². The van der Waals surface area contributed by atoms with Crippen LogP contribution in [0.5, 0.6) is 0 Å². The number of rotatable bonds is 3. The molecular formula is C21H22N6O2. The molecule has 0 saturated carbocycles. The number of piperidine rings is 1. The minimum atomic E-state index is -0.482. The number of hydrogen-bond donors (Lipinski definition) is 2. The molecule has 5 rings (SSSR count). The summed E-state index contributed by atoms with van der Waals surface area (Å²) in [5.74, 6) is 0.0409. The van der Waals surface area contributed by atoms with E-state index in [9.17, 15) is 9.59 Å². The molecule has 148 valence electrons. The Morgan fingerprint density at radius 2 is 1.79 bits per heavy atom. The number of carbonyl (C=O) groups excluding carboxylic acids is 2. The molecule has 8 heteroatoms. The van der Waals surface area contributed by atoms with Crippen LogP contribution in [0.4, 0.5) is 5.69 Å². The SMILES string of the molecule is O=C1NC2(CCN(C(=O)CCn3nnc4ccccc43)CC2)Nc2ccccc21. The maximum Gasteiger partial charge on any atom is 0.255 e. The standard InChI is InChI=1S/C21H22N6O2/c28-19(9-12-27-18-8-4-3-7-17(18)24-25-27)26-13-10-21(11-14-26)22-16-6-2-1-5-15(16)20(29)23-21/h1-8,22H,9-14H2,(H,23,29). The summed E-state index contributed by atoms with van der Waals surface area (Å²) in [5, 5.41) is 14.9. The lowest BCUT2D eigenvalue weighted by Crippen LogP contribution is -2.62. The van der Waals surface area contributed by atoms with Gasteiger partial charge in [0.2, 0.25) is 5.91 Å². The Morgan fingerprint density at radius 3 is 2.66 bits per heavy atom. The highest BCUT2D eigenvalue weighted by Crippen LogP contribution is 2.31. The predicted octanol–water partition coefficient (Wildman–Crippen LogP) is 2.00. The maximum absolute atomic E-state index is 12.7. The Hall–Kier alpha value is -3.42. The first-order chi connectivity index (χ1) is 14.1. The summed E-state index contributed by atoms with van der Waals surface area (Å²) < 4.78 is 1.78. The first-order valence-corrected chi connectivity index (χ1v) is 9.89. The van der Waals surface area contributed by atoms with Crippen LogP contribution in [-0.4, -0.2) is 50.5 Å². The third-order valence-electron chi connectivity index (χ3n) is 5.83. The Labute approximate surface area is 167 Å². The van der Waals surface area contributed by atoms with E-state index in [4.69, 9.17) is 0 Å². The second-order valence-electron chi connectivity index (χ2n) is 7.64. The molecule has 3 heterocycles. The van der Waals surface area contributed by atoms with Crippen LogP contribution in [0.3, 0.4) is 0 Å². The summed E-state index contributed by atoms with van der Waals surface area (Å²) in [5.41, 5.74) is 2.81. The molecule has 29 heavy (non-hydrogen) atoms.